The van der Waals surface area contributed by atoms with Crippen LogP contribution in [-0.2, 0) is 19.6 Å². The van der Waals surface area contributed by atoms with Gasteiger partial charge in [-0.25, -0.2) is 8.42 Å². The molecule has 12 heteroatoms. The first-order chi connectivity index (χ1) is 20.0. The van der Waals surface area contributed by atoms with Crippen molar-refractivity contribution in [3.63, 3.8) is 0 Å². The molecular formula is C30H42N4O7S. The molecule has 2 N–H and O–H groups in total. The Morgan fingerprint density at radius 1 is 1.17 bits per heavy atom. The number of nitrogens with zero attached hydrogens (tertiary/aromatic N) is 3. The number of fused-ring (bicyclic) bond motifs is 1. The Morgan fingerprint density at radius 2 is 1.86 bits per heavy atom. The molecule has 3 atom stereocenters. The van der Waals surface area contributed by atoms with Crippen molar-refractivity contribution in [2.45, 2.75) is 44.2 Å². The van der Waals surface area contributed by atoms with Gasteiger partial charge in [0.1, 0.15) is 11.9 Å². The number of carbonyl (C=O) groups is 2. The lowest BCUT2D eigenvalue weighted by molar-refractivity contribution is -0.116. The van der Waals surface area contributed by atoms with E-state index in [0.29, 0.717) is 37.6 Å². The summed E-state index contributed by atoms with van der Waals surface area (Å²) in [6, 6.07) is 11.1. The summed E-state index contributed by atoms with van der Waals surface area (Å²) in [5, 5.41) is 12.8. The zero-order chi connectivity index (χ0) is 30.4. The van der Waals surface area contributed by atoms with Crippen molar-refractivity contribution in [1.82, 2.24) is 14.1 Å². The predicted octanol–water partition coefficient (Wildman–Crippen LogP) is 2.20. The zero-order valence-electron chi connectivity index (χ0n) is 24.8. The molecule has 2 aliphatic heterocycles. The molecule has 2 aromatic rings. The van der Waals surface area contributed by atoms with Crippen molar-refractivity contribution in [3.8, 4) is 5.75 Å². The van der Waals surface area contributed by atoms with Gasteiger partial charge in [-0.1, -0.05) is 24.6 Å². The van der Waals surface area contributed by atoms with Crippen molar-refractivity contribution < 1.29 is 32.6 Å². The lowest BCUT2D eigenvalue weighted by Crippen LogP contribution is -2.50. The molecule has 2 aliphatic rings. The number of hydrogen-bond acceptors (Lipinski definition) is 8. The number of likely N-dealkylation sites (N-methyl/N-ethyl adjacent to an activating group) is 1. The first kappa shape index (κ1) is 31.9. The summed E-state index contributed by atoms with van der Waals surface area (Å²) in [6.45, 7) is 9.12. The van der Waals surface area contributed by atoms with Crippen LogP contribution in [0.5, 0.6) is 5.75 Å². The van der Waals surface area contributed by atoms with E-state index < -0.39 is 22.2 Å². The number of rotatable bonds is 10. The van der Waals surface area contributed by atoms with Gasteiger partial charge in [-0.3, -0.25) is 14.5 Å². The van der Waals surface area contributed by atoms with Gasteiger partial charge < -0.3 is 24.8 Å². The quantitative estimate of drug-likeness (QED) is 0.424. The summed E-state index contributed by atoms with van der Waals surface area (Å²) >= 11 is 0. The molecule has 0 unspecified atom stereocenters. The smallest absolute Gasteiger partial charge is 0.258 e. The molecule has 230 valence electrons. The molecule has 1 saturated heterocycles. The van der Waals surface area contributed by atoms with Crippen LogP contribution in [0.25, 0.3) is 0 Å². The summed E-state index contributed by atoms with van der Waals surface area (Å²) in [7, 11) is -2.27. The molecule has 2 amide bonds. The molecule has 1 fully saturated rings. The molecule has 0 bridgehead atoms. The van der Waals surface area contributed by atoms with Gasteiger partial charge in [0.25, 0.3) is 5.91 Å². The van der Waals surface area contributed by atoms with Gasteiger partial charge in [0.05, 0.1) is 42.9 Å². The van der Waals surface area contributed by atoms with E-state index in [1.54, 1.807) is 54.3 Å². The number of ether oxygens (including phenoxy) is 2. The van der Waals surface area contributed by atoms with Crippen molar-refractivity contribution in [2.24, 2.45) is 5.92 Å². The lowest BCUT2D eigenvalue weighted by atomic mass is 9.99. The zero-order valence-corrected chi connectivity index (χ0v) is 25.6. The van der Waals surface area contributed by atoms with Crippen molar-refractivity contribution >= 4 is 27.5 Å². The average Bonchev–Trinajstić information content (AvgIpc) is 2.98. The molecule has 4 rings (SSSR count). The topological polar surface area (TPSA) is 129 Å². The van der Waals surface area contributed by atoms with Crippen molar-refractivity contribution in [1.29, 1.82) is 0 Å². The summed E-state index contributed by atoms with van der Waals surface area (Å²) in [5.74, 6) is -0.469. The Balaban J connectivity index is 1.55. The molecule has 0 radical (unpaired) electrons. The molecular weight excluding hydrogens is 560 g/mol. The second kappa shape index (κ2) is 14.0. The van der Waals surface area contributed by atoms with E-state index in [-0.39, 0.29) is 47.9 Å². The number of sulfonamides is 1. The average molecular weight is 603 g/mol. The molecule has 2 aromatic carbocycles. The number of benzene rings is 2. The van der Waals surface area contributed by atoms with Gasteiger partial charge in [-0.15, -0.1) is 0 Å². The normalized spacial score (nSPS) is 20.8. The highest BCUT2D eigenvalue weighted by molar-refractivity contribution is 7.89. The van der Waals surface area contributed by atoms with E-state index in [1.165, 1.54) is 11.4 Å². The van der Waals surface area contributed by atoms with Crippen LogP contribution in [0.4, 0.5) is 5.69 Å². The number of aliphatic hydroxyl groups is 1. The van der Waals surface area contributed by atoms with E-state index in [9.17, 15) is 23.1 Å². The predicted molar refractivity (Wildman–Crippen MR) is 159 cm³/mol. The minimum atomic E-state index is -3.78. The van der Waals surface area contributed by atoms with E-state index in [1.807, 2.05) is 13.8 Å². The molecule has 0 spiro atoms. The Bertz CT molecular complexity index is 1350. The van der Waals surface area contributed by atoms with Gasteiger partial charge in [-0.2, -0.15) is 4.31 Å². The first-order valence-corrected chi connectivity index (χ1v) is 15.8. The van der Waals surface area contributed by atoms with Crippen molar-refractivity contribution in [3.05, 3.63) is 53.6 Å². The van der Waals surface area contributed by atoms with Gasteiger partial charge in [0.2, 0.25) is 15.9 Å². The third kappa shape index (κ3) is 7.67. The second-order valence-electron chi connectivity index (χ2n) is 11.2. The van der Waals surface area contributed by atoms with Crippen LogP contribution in [0.15, 0.2) is 47.4 Å². The van der Waals surface area contributed by atoms with E-state index >= 15 is 0 Å². The summed E-state index contributed by atoms with van der Waals surface area (Å²) < 4.78 is 39.6. The minimum absolute atomic E-state index is 0.0480. The van der Waals surface area contributed by atoms with Crippen LogP contribution in [0.1, 0.15) is 36.2 Å². The van der Waals surface area contributed by atoms with Crippen LogP contribution in [-0.4, -0.2) is 111 Å². The van der Waals surface area contributed by atoms with Gasteiger partial charge >= 0.3 is 0 Å². The largest absolute Gasteiger partial charge is 0.488 e. The van der Waals surface area contributed by atoms with Gasteiger partial charge in [-0.05, 0) is 44.2 Å². The number of aryl methyl sites for hydroxylation is 1. The maximum atomic E-state index is 13.7. The summed E-state index contributed by atoms with van der Waals surface area (Å²) in [4.78, 5) is 30.3. The SMILES string of the molecule is Cc1ccc(S(=O)(=O)N(C)C[C@@H]2Oc3ccc(NC(=O)CCN4CCOCC4)cc3C(=O)N([C@@H](C)CO)C[C@@H]2C)cc1. The van der Waals surface area contributed by atoms with Crippen LogP contribution in [0.3, 0.4) is 0 Å². The molecule has 0 aromatic heterocycles. The molecule has 0 saturated carbocycles. The Hall–Kier alpha value is -3.03. The number of amides is 2. The number of morpholine rings is 1. The Labute approximate surface area is 248 Å². The fourth-order valence-corrected chi connectivity index (χ4v) is 6.25. The minimum Gasteiger partial charge on any atom is -0.488 e. The molecule has 11 nitrogen and oxygen atoms in total. The fourth-order valence-electron chi connectivity index (χ4n) is 5.07. The summed E-state index contributed by atoms with van der Waals surface area (Å²) in [6.07, 6.45) is -0.291. The van der Waals surface area contributed by atoms with Crippen molar-refractivity contribution in [2.75, 3.05) is 64.9 Å². The first-order valence-electron chi connectivity index (χ1n) is 14.3. The number of anilines is 1. The number of carbonyl (C=O) groups excluding carboxylic acids is 2. The monoisotopic (exact) mass is 602 g/mol. The third-order valence-corrected chi connectivity index (χ3v) is 9.71. The fraction of sp³-hybridized carbons (Fsp3) is 0.533. The van der Waals surface area contributed by atoms with Gasteiger partial charge in [0, 0.05) is 51.3 Å². The number of nitrogens with one attached hydrogen (secondary N) is 1. The molecule has 0 aliphatic carbocycles. The van der Waals surface area contributed by atoms with Crippen LogP contribution in [0.2, 0.25) is 0 Å². The van der Waals surface area contributed by atoms with Gasteiger partial charge in [0.15, 0.2) is 0 Å². The highest BCUT2D eigenvalue weighted by Gasteiger charge is 2.35. The van der Waals surface area contributed by atoms with E-state index in [2.05, 4.69) is 10.2 Å². The number of aliphatic hydroxyl groups excluding tert-OH is 1. The van der Waals surface area contributed by atoms with E-state index in [0.717, 1.165) is 18.7 Å². The molecule has 2 heterocycles. The Kier molecular flexibility index (Phi) is 10.6. The molecule has 42 heavy (non-hydrogen) atoms. The number of hydrogen-bond donors (Lipinski definition) is 2. The van der Waals surface area contributed by atoms with Crippen LogP contribution >= 0.6 is 0 Å². The second-order valence-corrected chi connectivity index (χ2v) is 13.2. The van der Waals surface area contributed by atoms with E-state index in [4.69, 9.17) is 9.47 Å². The highest BCUT2D eigenvalue weighted by atomic mass is 32.2. The summed E-state index contributed by atoms with van der Waals surface area (Å²) in [5.41, 5.74) is 1.65. The van der Waals surface area contributed by atoms with Crippen LogP contribution < -0.4 is 10.1 Å². The standard InChI is InChI=1S/C30H42N4O7S/c1-21-5-8-25(9-6-21)42(38,39)32(4)19-28-22(2)18-34(23(3)20-35)30(37)26-17-24(7-10-27(26)41-28)31-29(36)11-12-33-13-15-40-16-14-33/h5-10,17,22-23,28,35H,11-16,18-20H2,1-4H3,(H,31,36)/t22-,23-,28-/m0/s1. The third-order valence-electron chi connectivity index (χ3n) is 7.87. The highest BCUT2D eigenvalue weighted by Crippen LogP contribution is 2.31. The Morgan fingerprint density at radius 3 is 2.52 bits per heavy atom. The maximum absolute atomic E-state index is 13.7. The van der Waals surface area contributed by atoms with Crippen LogP contribution in [0, 0.1) is 12.8 Å². The lowest BCUT2D eigenvalue weighted by Gasteiger charge is -2.38. The maximum Gasteiger partial charge on any atom is 0.258 e.